The van der Waals surface area contributed by atoms with Crippen molar-refractivity contribution in [3.8, 4) is 0 Å². The van der Waals surface area contributed by atoms with Crippen molar-refractivity contribution in [2.75, 3.05) is 6.54 Å². The highest BCUT2D eigenvalue weighted by Gasteiger charge is 2.08. The maximum atomic E-state index is 2.48. The highest BCUT2D eigenvalue weighted by Crippen LogP contribution is 2.20. The van der Waals surface area contributed by atoms with Crippen LogP contribution in [0, 0.1) is 0 Å². The van der Waals surface area contributed by atoms with Crippen LogP contribution in [-0.2, 0) is 6.54 Å². The molecule has 0 radical (unpaired) electrons. The van der Waals surface area contributed by atoms with Crippen LogP contribution in [0.15, 0.2) is 30.5 Å². The van der Waals surface area contributed by atoms with Crippen molar-refractivity contribution in [3.63, 3.8) is 0 Å². The lowest BCUT2D eigenvalue weighted by Crippen LogP contribution is -2.21. The quantitative estimate of drug-likeness (QED) is 0.243. The van der Waals surface area contributed by atoms with Crippen molar-refractivity contribution in [2.24, 2.45) is 0 Å². The summed E-state index contributed by atoms with van der Waals surface area (Å²) in [6, 6.07) is 8.77. The Morgan fingerprint density at radius 1 is 0.643 bits per heavy atom. The first-order valence-electron chi connectivity index (χ1n) is 12.4. The maximum Gasteiger partial charge on any atom is 0.0429 e. The lowest BCUT2D eigenvalue weighted by atomic mass is 10.0. The summed E-state index contributed by atoms with van der Waals surface area (Å²) in [4.78, 5) is 2.48. The zero-order valence-electron chi connectivity index (χ0n) is 18.6. The van der Waals surface area contributed by atoms with Crippen LogP contribution in [0.5, 0.6) is 0 Å². The molecule has 1 nitrogen and oxygen atoms in total. The topological polar surface area (TPSA) is 3.24 Å². The van der Waals surface area contributed by atoms with E-state index in [1.54, 1.807) is 0 Å². The Bertz CT molecular complexity index is 519. The molecule has 0 saturated carbocycles. The van der Waals surface area contributed by atoms with E-state index in [9.17, 15) is 0 Å². The van der Waals surface area contributed by atoms with E-state index in [1.165, 1.54) is 120 Å². The van der Waals surface area contributed by atoms with Gasteiger partial charge in [-0.3, -0.25) is 0 Å². The van der Waals surface area contributed by atoms with Crippen molar-refractivity contribution in [1.29, 1.82) is 0 Å². The maximum absolute atomic E-state index is 2.48. The Kier molecular flexibility index (Phi) is 12.9. The van der Waals surface area contributed by atoms with Crippen LogP contribution in [0.3, 0.4) is 0 Å². The lowest BCUT2D eigenvalue weighted by molar-refractivity contribution is 0.353. The fraction of sp³-hybridized carbons (Fsp3) is 0.704. The van der Waals surface area contributed by atoms with Crippen LogP contribution in [0.2, 0.25) is 0 Å². The highest BCUT2D eigenvalue weighted by atomic mass is 15.1. The van der Waals surface area contributed by atoms with Crippen molar-refractivity contribution in [1.82, 2.24) is 4.90 Å². The Morgan fingerprint density at radius 3 is 1.71 bits per heavy atom. The second kappa shape index (κ2) is 15.7. The van der Waals surface area contributed by atoms with E-state index in [0.29, 0.717) is 0 Å². The van der Waals surface area contributed by atoms with Gasteiger partial charge in [-0.25, -0.2) is 0 Å². The van der Waals surface area contributed by atoms with Gasteiger partial charge in [-0.1, -0.05) is 128 Å². The summed E-state index contributed by atoms with van der Waals surface area (Å²) in [5.41, 5.74) is 2.87. The van der Waals surface area contributed by atoms with E-state index in [1.807, 2.05) is 0 Å². The van der Waals surface area contributed by atoms with E-state index < -0.39 is 0 Å². The van der Waals surface area contributed by atoms with Crippen molar-refractivity contribution >= 4 is 6.08 Å². The van der Waals surface area contributed by atoms with E-state index in [4.69, 9.17) is 0 Å². The summed E-state index contributed by atoms with van der Waals surface area (Å²) in [6.45, 7) is 4.60. The number of unbranched alkanes of at least 4 members (excludes halogenated alkanes) is 15. The monoisotopic (exact) mass is 383 g/mol. The van der Waals surface area contributed by atoms with Gasteiger partial charge >= 0.3 is 0 Å². The largest absolute Gasteiger partial charge is 0.373 e. The number of hydrogen-bond donors (Lipinski definition) is 0. The lowest BCUT2D eigenvalue weighted by Gasteiger charge is -2.25. The van der Waals surface area contributed by atoms with Crippen LogP contribution < -0.4 is 0 Å². The third kappa shape index (κ3) is 10.3. The van der Waals surface area contributed by atoms with Gasteiger partial charge in [0, 0.05) is 13.1 Å². The third-order valence-corrected chi connectivity index (χ3v) is 6.19. The molecule has 0 aliphatic carbocycles. The summed E-state index contributed by atoms with van der Waals surface area (Å²) < 4.78 is 0. The standard InChI is InChI=1S/C27H45N/c1-2-3-4-5-6-7-8-9-10-11-12-13-14-15-16-19-23-28-24-22-26-20-17-18-21-27(26)25-28/h17-18,20-22,24H,2-16,19,23,25H2,1H3. The molecule has 0 N–H and O–H groups in total. The third-order valence-electron chi connectivity index (χ3n) is 6.19. The Labute approximate surface area is 175 Å². The Hall–Kier alpha value is -1.24. The number of benzene rings is 1. The molecule has 1 aliphatic heterocycles. The Morgan fingerprint density at radius 2 is 1.14 bits per heavy atom. The molecule has 0 saturated heterocycles. The predicted molar refractivity (Wildman–Crippen MR) is 125 cm³/mol. The molecule has 1 aromatic carbocycles. The predicted octanol–water partition coefficient (Wildman–Crippen LogP) is 8.73. The highest BCUT2D eigenvalue weighted by molar-refractivity contribution is 5.55. The first-order valence-corrected chi connectivity index (χ1v) is 12.4. The van der Waals surface area contributed by atoms with Crippen LogP contribution in [0.4, 0.5) is 0 Å². The van der Waals surface area contributed by atoms with E-state index in [2.05, 4.69) is 48.4 Å². The first-order chi connectivity index (χ1) is 13.9. The number of nitrogens with zero attached hydrogens (tertiary/aromatic N) is 1. The zero-order chi connectivity index (χ0) is 19.7. The summed E-state index contributed by atoms with van der Waals surface area (Å²) in [7, 11) is 0. The number of hydrogen-bond acceptors (Lipinski definition) is 1. The van der Waals surface area contributed by atoms with Crippen LogP contribution in [-0.4, -0.2) is 11.4 Å². The molecule has 0 spiro atoms. The van der Waals surface area contributed by atoms with Crippen LogP contribution in [0.25, 0.3) is 6.08 Å². The molecule has 0 aromatic heterocycles. The summed E-state index contributed by atoms with van der Waals surface area (Å²) >= 11 is 0. The fourth-order valence-corrected chi connectivity index (χ4v) is 4.31. The zero-order valence-corrected chi connectivity index (χ0v) is 18.6. The second-order valence-electron chi connectivity index (χ2n) is 8.79. The van der Waals surface area contributed by atoms with Gasteiger partial charge in [-0.2, -0.15) is 0 Å². The van der Waals surface area contributed by atoms with Gasteiger partial charge in [0.25, 0.3) is 0 Å². The molecule has 158 valence electrons. The van der Waals surface area contributed by atoms with E-state index in [-0.39, 0.29) is 0 Å². The summed E-state index contributed by atoms with van der Waals surface area (Å²) in [5.74, 6) is 0. The Balaban J connectivity index is 1.31. The van der Waals surface area contributed by atoms with Gasteiger partial charge in [-0.15, -0.1) is 0 Å². The second-order valence-corrected chi connectivity index (χ2v) is 8.79. The summed E-state index contributed by atoms with van der Waals surface area (Å²) in [5, 5.41) is 0. The molecule has 1 heteroatoms. The average Bonchev–Trinajstić information content (AvgIpc) is 2.73. The molecule has 1 aliphatic rings. The van der Waals surface area contributed by atoms with Gasteiger partial charge in [0.1, 0.15) is 0 Å². The smallest absolute Gasteiger partial charge is 0.0429 e. The summed E-state index contributed by atoms with van der Waals surface area (Å²) in [6.07, 6.45) is 27.6. The van der Waals surface area contributed by atoms with Gasteiger partial charge in [0.2, 0.25) is 0 Å². The van der Waals surface area contributed by atoms with E-state index in [0.717, 1.165) is 6.54 Å². The molecule has 0 amide bonds. The number of rotatable bonds is 17. The minimum Gasteiger partial charge on any atom is -0.373 e. The normalized spacial score (nSPS) is 13.1. The van der Waals surface area contributed by atoms with Gasteiger partial charge in [0.15, 0.2) is 0 Å². The van der Waals surface area contributed by atoms with Crippen LogP contribution >= 0.6 is 0 Å². The minimum atomic E-state index is 1.09. The molecule has 28 heavy (non-hydrogen) atoms. The van der Waals surface area contributed by atoms with Gasteiger partial charge in [-0.05, 0) is 29.8 Å². The molecule has 0 atom stereocenters. The molecule has 1 aromatic rings. The SMILES string of the molecule is CCCCCCCCCCCCCCCCCCN1C=Cc2ccccc2C1. The first kappa shape index (κ1) is 23.0. The van der Waals surface area contributed by atoms with E-state index >= 15 is 0 Å². The molecular weight excluding hydrogens is 338 g/mol. The molecule has 0 unspecified atom stereocenters. The molecule has 0 fully saturated rings. The van der Waals surface area contributed by atoms with Crippen molar-refractivity contribution < 1.29 is 0 Å². The number of fused-ring (bicyclic) bond motifs is 1. The fourth-order valence-electron chi connectivity index (χ4n) is 4.31. The molecule has 1 heterocycles. The molecular formula is C27H45N. The average molecular weight is 384 g/mol. The van der Waals surface area contributed by atoms with Gasteiger partial charge in [0.05, 0.1) is 0 Å². The molecule has 0 bridgehead atoms. The molecule has 2 rings (SSSR count). The van der Waals surface area contributed by atoms with Crippen LogP contribution in [0.1, 0.15) is 121 Å². The van der Waals surface area contributed by atoms with Gasteiger partial charge < -0.3 is 4.90 Å². The van der Waals surface area contributed by atoms with Crippen molar-refractivity contribution in [2.45, 2.75) is 116 Å². The minimum absolute atomic E-state index is 1.09. The van der Waals surface area contributed by atoms with Crippen molar-refractivity contribution in [3.05, 3.63) is 41.6 Å².